The van der Waals surface area contributed by atoms with Crippen molar-refractivity contribution in [1.29, 1.82) is 0 Å². The number of hydrogen-bond acceptors (Lipinski definition) is 4. The quantitative estimate of drug-likeness (QED) is 0.819. The maximum absolute atomic E-state index is 13.4. The lowest BCUT2D eigenvalue weighted by atomic mass is 10.2. The summed E-state index contributed by atoms with van der Waals surface area (Å²) in [7, 11) is 0. The zero-order valence-electron chi connectivity index (χ0n) is 10.9. The highest BCUT2D eigenvalue weighted by atomic mass is 32.1. The van der Waals surface area contributed by atoms with E-state index in [1.807, 2.05) is 6.92 Å². The molecule has 0 atom stereocenters. The molecule has 2 N–H and O–H groups in total. The summed E-state index contributed by atoms with van der Waals surface area (Å²) in [6, 6.07) is 1.34. The van der Waals surface area contributed by atoms with E-state index >= 15 is 0 Å². The molecule has 0 aliphatic heterocycles. The van der Waals surface area contributed by atoms with Crippen molar-refractivity contribution in [3.8, 4) is 0 Å². The highest BCUT2D eigenvalue weighted by Gasteiger charge is 2.11. The van der Waals surface area contributed by atoms with Gasteiger partial charge in [-0.1, -0.05) is 6.92 Å². The number of aromatic amines is 1. The molecule has 2 rings (SSSR count). The number of pyridine rings is 1. The van der Waals surface area contributed by atoms with Crippen LogP contribution in [0.5, 0.6) is 0 Å². The van der Waals surface area contributed by atoms with Gasteiger partial charge in [0, 0.05) is 25.7 Å². The Hall–Kier alpha value is -2.09. The molecule has 2 heterocycles. The van der Waals surface area contributed by atoms with Gasteiger partial charge in [0.2, 0.25) is 0 Å². The minimum Gasteiger partial charge on any atom is -0.350 e. The van der Waals surface area contributed by atoms with Crippen LogP contribution in [0.4, 0.5) is 4.39 Å². The fourth-order valence-corrected chi connectivity index (χ4v) is 2.03. The van der Waals surface area contributed by atoms with Crippen LogP contribution in [0.3, 0.4) is 0 Å². The molecule has 0 aromatic carbocycles. The van der Waals surface area contributed by atoms with Gasteiger partial charge in [0.25, 0.3) is 5.91 Å². The molecule has 8 heteroatoms. The number of aryl methyl sites for hydroxylation is 1. The molecule has 0 bridgehead atoms. The van der Waals surface area contributed by atoms with E-state index in [0.29, 0.717) is 17.9 Å². The first kappa shape index (κ1) is 14.3. The van der Waals surface area contributed by atoms with E-state index in [-0.39, 0.29) is 5.56 Å². The maximum Gasteiger partial charge on any atom is 0.254 e. The van der Waals surface area contributed by atoms with Crippen molar-refractivity contribution < 1.29 is 9.18 Å². The van der Waals surface area contributed by atoms with E-state index in [9.17, 15) is 9.18 Å². The Morgan fingerprint density at radius 1 is 1.60 bits per heavy atom. The minimum absolute atomic E-state index is 0.0218. The summed E-state index contributed by atoms with van der Waals surface area (Å²) >= 11 is 5.10. The van der Waals surface area contributed by atoms with Crippen LogP contribution in [0, 0.1) is 10.6 Å². The van der Waals surface area contributed by atoms with Gasteiger partial charge in [-0.15, -0.1) is 0 Å². The third-order valence-electron chi connectivity index (χ3n) is 2.79. The summed E-state index contributed by atoms with van der Waals surface area (Å²) in [5.74, 6) is -0.295. The van der Waals surface area contributed by atoms with E-state index in [2.05, 4.69) is 20.5 Å². The van der Waals surface area contributed by atoms with E-state index in [1.165, 1.54) is 12.3 Å². The number of halogens is 1. The second kappa shape index (κ2) is 6.38. The average Bonchev–Trinajstić information content (AvgIpc) is 2.80. The van der Waals surface area contributed by atoms with Crippen molar-refractivity contribution in [3.05, 3.63) is 40.4 Å². The zero-order chi connectivity index (χ0) is 14.5. The van der Waals surface area contributed by atoms with Crippen molar-refractivity contribution >= 4 is 18.1 Å². The normalized spacial score (nSPS) is 10.5. The topological polar surface area (TPSA) is 75.6 Å². The molecule has 0 aliphatic rings. The van der Waals surface area contributed by atoms with Crippen molar-refractivity contribution in [2.24, 2.45) is 0 Å². The molecule has 0 aliphatic carbocycles. The Labute approximate surface area is 120 Å². The van der Waals surface area contributed by atoms with Gasteiger partial charge in [0.1, 0.15) is 5.82 Å². The molecule has 0 fully saturated rings. The first-order valence-corrected chi connectivity index (χ1v) is 6.56. The number of carbonyl (C=O) groups is 1. The number of nitrogens with zero attached hydrogens (tertiary/aromatic N) is 3. The largest absolute Gasteiger partial charge is 0.350 e. The number of rotatable bonds is 5. The average molecular weight is 295 g/mol. The van der Waals surface area contributed by atoms with Crippen LogP contribution in [-0.2, 0) is 13.0 Å². The van der Waals surface area contributed by atoms with Crippen molar-refractivity contribution in [2.45, 2.75) is 19.9 Å². The zero-order valence-corrected chi connectivity index (χ0v) is 11.7. The van der Waals surface area contributed by atoms with Gasteiger partial charge < -0.3 is 9.88 Å². The van der Waals surface area contributed by atoms with Crippen LogP contribution in [0.2, 0.25) is 0 Å². The highest BCUT2D eigenvalue weighted by molar-refractivity contribution is 7.71. The van der Waals surface area contributed by atoms with Crippen LogP contribution in [0.25, 0.3) is 0 Å². The van der Waals surface area contributed by atoms with Crippen LogP contribution < -0.4 is 5.32 Å². The van der Waals surface area contributed by atoms with Gasteiger partial charge in [0.15, 0.2) is 10.6 Å². The van der Waals surface area contributed by atoms with E-state index < -0.39 is 11.7 Å². The van der Waals surface area contributed by atoms with Gasteiger partial charge in [-0.3, -0.25) is 14.9 Å². The molecule has 6 nitrogen and oxygen atoms in total. The number of hydrogen-bond donors (Lipinski definition) is 2. The fourth-order valence-electron chi connectivity index (χ4n) is 1.79. The molecular formula is C12H14FN5OS. The van der Waals surface area contributed by atoms with Crippen LogP contribution in [0.1, 0.15) is 23.1 Å². The Bertz CT molecular complexity index is 666. The number of nitrogens with one attached hydrogen (secondary N) is 2. The van der Waals surface area contributed by atoms with Crippen LogP contribution in [-0.4, -0.2) is 32.2 Å². The lowest BCUT2D eigenvalue weighted by Gasteiger charge is -2.08. The summed E-state index contributed by atoms with van der Waals surface area (Å²) in [5, 5.41) is 9.41. The predicted octanol–water partition coefficient (Wildman–Crippen LogP) is 1.47. The third-order valence-corrected chi connectivity index (χ3v) is 3.10. The maximum atomic E-state index is 13.4. The summed E-state index contributed by atoms with van der Waals surface area (Å²) in [5.41, 5.74) is -0.0218. The second-order valence-electron chi connectivity index (χ2n) is 4.06. The Morgan fingerprint density at radius 3 is 3.10 bits per heavy atom. The molecule has 2 aromatic heterocycles. The molecule has 0 unspecified atom stereocenters. The van der Waals surface area contributed by atoms with Gasteiger partial charge in [-0.05, 0) is 18.3 Å². The third kappa shape index (κ3) is 3.08. The Kier molecular flexibility index (Phi) is 4.57. The first-order chi connectivity index (χ1) is 9.63. The summed E-state index contributed by atoms with van der Waals surface area (Å²) in [6.45, 7) is 2.78. The molecule has 20 heavy (non-hydrogen) atoms. The number of carbonyl (C=O) groups excluding carboxylic acids is 1. The summed E-state index contributed by atoms with van der Waals surface area (Å²) < 4.78 is 15.7. The minimum atomic E-state index is -0.640. The Balaban J connectivity index is 1.97. The van der Waals surface area contributed by atoms with Crippen molar-refractivity contribution in [3.63, 3.8) is 0 Å². The van der Waals surface area contributed by atoms with E-state index in [0.717, 1.165) is 18.4 Å². The van der Waals surface area contributed by atoms with Crippen LogP contribution in [0.15, 0.2) is 18.5 Å². The lowest BCUT2D eigenvalue weighted by Crippen LogP contribution is -2.28. The van der Waals surface area contributed by atoms with Gasteiger partial charge in [-0.25, -0.2) is 4.39 Å². The predicted molar refractivity (Wildman–Crippen MR) is 73.3 cm³/mol. The molecular weight excluding hydrogens is 281 g/mol. The van der Waals surface area contributed by atoms with Crippen molar-refractivity contribution in [1.82, 2.24) is 25.1 Å². The van der Waals surface area contributed by atoms with Crippen LogP contribution >= 0.6 is 12.2 Å². The molecule has 0 saturated heterocycles. The molecule has 2 aromatic rings. The van der Waals surface area contributed by atoms with Gasteiger partial charge >= 0.3 is 0 Å². The smallest absolute Gasteiger partial charge is 0.254 e. The van der Waals surface area contributed by atoms with E-state index in [4.69, 9.17) is 12.2 Å². The monoisotopic (exact) mass is 295 g/mol. The highest BCUT2D eigenvalue weighted by Crippen LogP contribution is 2.04. The molecule has 0 radical (unpaired) electrons. The molecule has 0 spiro atoms. The molecule has 1 amide bonds. The number of H-pyrrole nitrogens is 1. The summed E-state index contributed by atoms with van der Waals surface area (Å²) in [6.07, 6.45) is 3.12. The van der Waals surface area contributed by atoms with E-state index in [1.54, 1.807) is 4.57 Å². The number of amides is 1. The number of aromatic nitrogens is 4. The standard InChI is InChI=1S/C12H14FN5OS/c1-2-10-16-17-12(20)18(10)6-5-15-11(19)8-3-4-14-7-9(8)13/h3-4,7H,2,5-6H2,1H3,(H,15,19)(H,17,20). The molecule has 106 valence electrons. The van der Waals surface area contributed by atoms with Crippen molar-refractivity contribution in [2.75, 3.05) is 6.54 Å². The molecule has 0 saturated carbocycles. The fraction of sp³-hybridized carbons (Fsp3) is 0.333. The van der Waals surface area contributed by atoms with Gasteiger partial charge in [0.05, 0.1) is 11.8 Å². The Morgan fingerprint density at radius 2 is 2.40 bits per heavy atom. The van der Waals surface area contributed by atoms with Gasteiger partial charge in [-0.2, -0.15) is 5.10 Å². The summed E-state index contributed by atoms with van der Waals surface area (Å²) in [4.78, 5) is 15.4. The second-order valence-corrected chi connectivity index (χ2v) is 4.45. The SMILES string of the molecule is CCc1n[nH]c(=S)n1CCNC(=O)c1ccncc1F. The lowest BCUT2D eigenvalue weighted by molar-refractivity contribution is 0.0948. The first-order valence-electron chi connectivity index (χ1n) is 6.15.